The van der Waals surface area contributed by atoms with E-state index in [1.165, 1.54) is 43.5 Å². The van der Waals surface area contributed by atoms with Gasteiger partial charge in [-0.2, -0.15) is 0 Å². The molecular formula is C17H16F2O2. The molecule has 0 N–H and O–H groups in total. The summed E-state index contributed by atoms with van der Waals surface area (Å²) in [6.07, 6.45) is 0. The van der Waals surface area contributed by atoms with Crippen molar-refractivity contribution < 1.29 is 18.3 Å². The van der Waals surface area contributed by atoms with E-state index in [1.807, 2.05) is 0 Å². The first kappa shape index (κ1) is 15.2. The maximum atomic E-state index is 14.2. The number of Topliss-reactive ketones (excluding diaryl/α,β-unsaturated/α-hetero) is 1. The fourth-order valence-corrected chi connectivity index (χ4v) is 2.18. The lowest BCUT2D eigenvalue weighted by atomic mass is 9.78. The molecule has 110 valence electrons. The van der Waals surface area contributed by atoms with E-state index in [0.717, 1.165) is 0 Å². The summed E-state index contributed by atoms with van der Waals surface area (Å²) in [4.78, 5) is 12.7. The van der Waals surface area contributed by atoms with Crippen LogP contribution in [0.1, 0.15) is 29.8 Å². The van der Waals surface area contributed by atoms with Crippen LogP contribution in [0, 0.1) is 11.6 Å². The van der Waals surface area contributed by atoms with Crippen LogP contribution in [-0.2, 0) is 5.41 Å². The zero-order chi connectivity index (χ0) is 15.6. The Morgan fingerprint density at radius 3 is 2.24 bits per heavy atom. The number of methoxy groups -OCH3 is 1. The van der Waals surface area contributed by atoms with Crippen molar-refractivity contribution >= 4 is 5.78 Å². The standard InChI is InChI=1S/C17H16F2O2/c1-17(2,11-7-9-12(18)10-8-11)16(20)13-5-4-6-14(21-3)15(13)19/h4-10H,1-3H3. The summed E-state index contributed by atoms with van der Waals surface area (Å²) in [5, 5.41) is 0. The van der Waals surface area contributed by atoms with Crippen molar-refractivity contribution in [3.8, 4) is 5.75 Å². The van der Waals surface area contributed by atoms with Gasteiger partial charge in [-0.1, -0.05) is 18.2 Å². The summed E-state index contributed by atoms with van der Waals surface area (Å²) in [5.74, 6) is -1.42. The highest BCUT2D eigenvalue weighted by molar-refractivity contribution is 6.04. The van der Waals surface area contributed by atoms with E-state index in [1.54, 1.807) is 19.9 Å². The lowest BCUT2D eigenvalue weighted by molar-refractivity contribution is 0.0903. The first-order valence-electron chi connectivity index (χ1n) is 6.51. The van der Waals surface area contributed by atoms with E-state index >= 15 is 0 Å². The number of carbonyl (C=O) groups excluding carboxylic acids is 1. The normalized spacial score (nSPS) is 11.3. The van der Waals surface area contributed by atoms with Gasteiger partial charge >= 0.3 is 0 Å². The van der Waals surface area contributed by atoms with Gasteiger partial charge < -0.3 is 4.74 Å². The third-order valence-electron chi connectivity index (χ3n) is 3.56. The minimum atomic E-state index is -0.971. The second kappa shape index (κ2) is 5.64. The third-order valence-corrected chi connectivity index (χ3v) is 3.56. The SMILES string of the molecule is COc1cccc(C(=O)C(C)(C)c2ccc(F)cc2)c1F. The fourth-order valence-electron chi connectivity index (χ4n) is 2.18. The largest absolute Gasteiger partial charge is 0.494 e. The van der Waals surface area contributed by atoms with E-state index in [4.69, 9.17) is 4.74 Å². The Labute approximate surface area is 122 Å². The zero-order valence-electron chi connectivity index (χ0n) is 12.1. The molecule has 0 aliphatic rings. The lowest BCUT2D eigenvalue weighted by Crippen LogP contribution is -2.30. The number of rotatable bonds is 4. The average Bonchev–Trinajstić information content (AvgIpc) is 2.47. The molecule has 0 bridgehead atoms. The van der Waals surface area contributed by atoms with E-state index < -0.39 is 11.2 Å². The zero-order valence-corrected chi connectivity index (χ0v) is 12.1. The molecule has 0 aliphatic heterocycles. The molecule has 2 aromatic rings. The van der Waals surface area contributed by atoms with Crippen LogP contribution in [0.5, 0.6) is 5.75 Å². The predicted molar refractivity (Wildman–Crippen MR) is 76.7 cm³/mol. The van der Waals surface area contributed by atoms with Crippen LogP contribution in [0.4, 0.5) is 8.78 Å². The number of ketones is 1. The molecule has 0 fully saturated rings. The van der Waals surface area contributed by atoms with Gasteiger partial charge in [0.15, 0.2) is 17.3 Å². The van der Waals surface area contributed by atoms with Crippen molar-refractivity contribution in [2.24, 2.45) is 0 Å². The highest BCUT2D eigenvalue weighted by Gasteiger charge is 2.33. The van der Waals surface area contributed by atoms with Crippen molar-refractivity contribution in [2.75, 3.05) is 7.11 Å². The smallest absolute Gasteiger partial charge is 0.175 e. The maximum Gasteiger partial charge on any atom is 0.175 e. The summed E-state index contributed by atoms with van der Waals surface area (Å²) in [6.45, 7) is 3.36. The molecule has 0 radical (unpaired) electrons. The van der Waals surface area contributed by atoms with Crippen molar-refractivity contribution in [2.45, 2.75) is 19.3 Å². The van der Waals surface area contributed by atoms with Crippen LogP contribution in [0.25, 0.3) is 0 Å². The first-order chi connectivity index (χ1) is 9.87. The quantitative estimate of drug-likeness (QED) is 0.791. The van der Waals surface area contributed by atoms with Crippen LogP contribution in [0.2, 0.25) is 0 Å². The monoisotopic (exact) mass is 290 g/mol. The van der Waals surface area contributed by atoms with Crippen molar-refractivity contribution in [1.82, 2.24) is 0 Å². The number of hydrogen-bond donors (Lipinski definition) is 0. The number of hydrogen-bond acceptors (Lipinski definition) is 2. The molecule has 0 aliphatic carbocycles. The van der Waals surface area contributed by atoms with Crippen LogP contribution in [0.15, 0.2) is 42.5 Å². The van der Waals surface area contributed by atoms with Gasteiger partial charge in [-0.3, -0.25) is 4.79 Å². The molecule has 0 atom stereocenters. The Kier molecular flexibility index (Phi) is 4.07. The number of halogens is 2. The number of ether oxygens (including phenoxy) is 1. The number of benzene rings is 2. The summed E-state index contributed by atoms with van der Waals surface area (Å²) in [5.41, 5.74) is -0.388. The van der Waals surface area contributed by atoms with Gasteiger partial charge in [0, 0.05) is 0 Å². The second-order valence-electron chi connectivity index (χ2n) is 5.28. The molecular weight excluding hydrogens is 274 g/mol. The van der Waals surface area contributed by atoms with E-state index in [-0.39, 0.29) is 22.9 Å². The third kappa shape index (κ3) is 2.79. The van der Waals surface area contributed by atoms with Gasteiger partial charge in [0.1, 0.15) is 5.82 Å². The fraction of sp³-hybridized carbons (Fsp3) is 0.235. The van der Waals surface area contributed by atoms with Gasteiger partial charge in [0.2, 0.25) is 0 Å². The van der Waals surface area contributed by atoms with E-state index in [9.17, 15) is 13.6 Å². The summed E-state index contributed by atoms with van der Waals surface area (Å²) >= 11 is 0. The predicted octanol–water partition coefficient (Wildman–Crippen LogP) is 4.13. The highest BCUT2D eigenvalue weighted by atomic mass is 19.1. The molecule has 0 aromatic heterocycles. The van der Waals surface area contributed by atoms with Gasteiger partial charge in [0.25, 0.3) is 0 Å². The molecule has 0 heterocycles. The molecule has 0 unspecified atom stereocenters. The van der Waals surface area contributed by atoms with Crippen molar-refractivity contribution in [3.63, 3.8) is 0 Å². The topological polar surface area (TPSA) is 26.3 Å². The van der Waals surface area contributed by atoms with Crippen molar-refractivity contribution in [1.29, 1.82) is 0 Å². The van der Waals surface area contributed by atoms with Crippen LogP contribution in [0.3, 0.4) is 0 Å². The molecule has 4 heteroatoms. The Balaban J connectivity index is 2.45. The van der Waals surface area contributed by atoms with Crippen molar-refractivity contribution in [3.05, 3.63) is 65.2 Å². The molecule has 21 heavy (non-hydrogen) atoms. The Morgan fingerprint density at radius 1 is 1.05 bits per heavy atom. The van der Waals surface area contributed by atoms with Crippen LogP contribution >= 0.6 is 0 Å². The average molecular weight is 290 g/mol. The van der Waals surface area contributed by atoms with Gasteiger partial charge in [-0.15, -0.1) is 0 Å². The first-order valence-corrected chi connectivity index (χ1v) is 6.51. The maximum absolute atomic E-state index is 14.2. The molecule has 2 rings (SSSR count). The summed E-state index contributed by atoms with van der Waals surface area (Å²) in [6, 6.07) is 10.1. The van der Waals surface area contributed by atoms with E-state index in [2.05, 4.69) is 0 Å². The van der Waals surface area contributed by atoms with E-state index in [0.29, 0.717) is 5.56 Å². The molecule has 0 saturated carbocycles. The lowest BCUT2D eigenvalue weighted by Gasteiger charge is -2.24. The highest BCUT2D eigenvalue weighted by Crippen LogP contribution is 2.31. The summed E-state index contributed by atoms with van der Waals surface area (Å²) < 4.78 is 32.1. The Morgan fingerprint density at radius 2 is 1.67 bits per heavy atom. The number of carbonyl (C=O) groups is 1. The summed E-state index contributed by atoms with van der Waals surface area (Å²) in [7, 11) is 1.35. The minimum absolute atomic E-state index is 0.0238. The minimum Gasteiger partial charge on any atom is -0.494 e. The molecule has 0 amide bonds. The van der Waals surface area contributed by atoms with Gasteiger partial charge in [-0.05, 0) is 43.7 Å². The molecule has 2 aromatic carbocycles. The molecule has 0 spiro atoms. The molecule has 2 nitrogen and oxygen atoms in total. The Bertz CT molecular complexity index is 661. The van der Waals surface area contributed by atoms with Crippen LogP contribution < -0.4 is 4.74 Å². The van der Waals surface area contributed by atoms with Crippen LogP contribution in [-0.4, -0.2) is 12.9 Å². The molecule has 0 saturated heterocycles. The Hall–Kier alpha value is -2.23. The second-order valence-corrected chi connectivity index (χ2v) is 5.28. The van der Waals surface area contributed by atoms with Gasteiger partial charge in [0.05, 0.1) is 18.1 Å². The van der Waals surface area contributed by atoms with Gasteiger partial charge in [-0.25, -0.2) is 8.78 Å².